The van der Waals surface area contributed by atoms with Gasteiger partial charge in [-0.3, -0.25) is 0 Å². The predicted molar refractivity (Wildman–Crippen MR) is 67.0 cm³/mol. The maximum atomic E-state index is 8.65. The van der Waals surface area contributed by atoms with Gasteiger partial charge < -0.3 is 9.84 Å². The molecule has 0 amide bonds. The van der Waals surface area contributed by atoms with E-state index >= 15 is 0 Å². The van der Waals surface area contributed by atoms with Crippen molar-refractivity contribution in [3.8, 4) is 5.75 Å². The van der Waals surface area contributed by atoms with E-state index in [4.69, 9.17) is 9.84 Å². The van der Waals surface area contributed by atoms with Gasteiger partial charge in [0.15, 0.2) is 0 Å². The van der Waals surface area contributed by atoms with Crippen LogP contribution in [0.25, 0.3) is 0 Å². The summed E-state index contributed by atoms with van der Waals surface area (Å²) in [7, 11) is 0. The lowest BCUT2D eigenvalue weighted by molar-refractivity contribution is 0.201. The van der Waals surface area contributed by atoms with Gasteiger partial charge in [0.2, 0.25) is 0 Å². The Kier molecular flexibility index (Phi) is 5.94. The third kappa shape index (κ3) is 3.86. The molecule has 0 aliphatic rings. The lowest BCUT2D eigenvalue weighted by atomic mass is 9.92. The summed E-state index contributed by atoms with van der Waals surface area (Å²) in [5.74, 6) is 1.50. The molecule has 2 nitrogen and oxygen atoms in total. The quantitative estimate of drug-likeness (QED) is 0.766. The van der Waals surface area contributed by atoms with Crippen molar-refractivity contribution in [3.63, 3.8) is 0 Å². The third-order valence-electron chi connectivity index (χ3n) is 2.84. The van der Waals surface area contributed by atoms with Crippen molar-refractivity contribution < 1.29 is 9.84 Å². The molecular weight excluding hydrogens is 200 g/mol. The highest BCUT2D eigenvalue weighted by atomic mass is 16.5. The minimum absolute atomic E-state index is 0.0647. The standard InChI is InChI=1S/C14H22O2/c1-3-5-12(4-2)13-6-8-14(9-7-13)16-11-10-15/h6-9,12,15H,3-5,10-11H2,1-2H3. The SMILES string of the molecule is CCCC(CC)c1ccc(OCCO)cc1. The van der Waals surface area contributed by atoms with Gasteiger partial charge in [-0.15, -0.1) is 0 Å². The third-order valence-corrected chi connectivity index (χ3v) is 2.84. The maximum Gasteiger partial charge on any atom is 0.119 e. The van der Waals surface area contributed by atoms with E-state index in [0.717, 1.165) is 5.75 Å². The first-order valence-corrected chi connectivity index (χ1v) is 6.15. The van der Waals surface area contributed by atoms with Gasteiger partial charge in [-0.05, 0) is 36.5 Å². The molecule has 0 aliphatic heterocycles. The van der Waals surface area contributed by atoms with E-state index in [1.807, 2.05) is 12.1 Å². The minimum atomic E-state index is 0.0647. The van der Waals surface area contributed by atoms with Crippen LogP contribution < -0.4 is 4.74 Å². The van der Waals surface area contributed by atoms with Crippen LogP contribution in [0.3, 0.4) is 0 Å². The predicted octanol–water partition coefficient (Wildman–Crippen LogP) is 3.35. The lowest BCUT2D eigenvalue weighted by Gasteiger charge is -2.14. The molecule has 1 N–H and O–H groups in total. The fourth-order valence-corrected chi connectivity index (χ4v) is 1.95. The second kappa shape index (κ2) is 7.29. The van der Waals surface area contributed by atoms with Gasteiger partial charge in [-0.1, -0.05) is 32.4 Å². The highest BCUT2D eigenvalue weighted by Crippen LogP contribution is 2.26. The van der Waals surface area contributed by atoms with Crippen molar-refractivity contribution in [3.05, 3.63) is 29.8 Å². The van der Waals surface area contributed by atoms with E-state index in [0.29, 0.717) is 12.5 Å². The minimum Gasteiger partial charge on any atom is -0.491 e. The summed E-state index contributed by atoms with van der Waals surface area (Å²) in [5, 5.41) is 8.65. The smallest absolute Gasteiger partial charge is 0.119 e. The Morgan fingerprint density at radius 1 is 1.19 bits per heavy atom. The van der Waals surface area contributed by atoms with Gasteiger partial charge in [0.25, 0.3) is 0 Å². The summed E-state index contributed by atoms with van der Waals surface area (Å²) in [6.45, 7) is 4.89. The van der Waals surface area contributed by atoms with Gasteiger partial charge in [-0.25, -0.2) is 0 Å². The molecule has 1 aromatic carbocycles. The molecule has 2 heteroatoms. The number of benzene rings is 1. The summed E-state index contributed by atoms with van der Waals surface area (Å²) in [4.78, 5) is 0. The molecule has 90 valence electrons. The molecule has 0 aliphatic carbocycles. The fourth-order valence-electron chi connectivity index (χ4n) is 1.95. The molecule has 1 atom stereocenters. The van der Waals surface area contributed by atoms with Crippen LogP contribution >= 0.6 is 0 Å². The fraction of sp³-hybridized carbons (Fsp3) is 0.571. The van der Waals surface area contributed by atoms with Crippen LogP contribution in [-0.2, 0) is 0 Å². The van der Waals surface area contributed by atoms with Crippen LogP contribution in [0.4, 0.5) is 0 Å². The Morgan fingerprint density at radius 3 is 2.38 bits per heavy atom. The van der Waals surface area contributed by atoms with Gasteiger partial charge in [0.05, 0.1) is 6.61 Å². The summed E-state index contributed by atoms with van der Waals surface area (Å²) >= 11 is 0. The number of hydrogen-bond acceptors (Lipinski definition) is 2. The zero-order chi connectivity index (χ0) is 11.8. The van der Waals surface area contributed by atoms with Crippen molar-refractivity contribution in [2.24, 2.45) is 0 Å². The topological polar surface area (TPSA) is 29.5 Å². The van der Waals surface area contributed by atoms with Crippen molar-refractivity contribution in [2.75, 3.05) is 13.2 Å². The number of ether oxygens (including phenoxy) is 1. The van der Waals surface area contributed by atoms with Crippen LogP contribution in [0.5, 0.6) is 5.75 Å². The van der Waals surface area contributed by atoms with Crippen LogP contribution in [0.2, 0.25) is 0 Å². The Hall–Kier alpha value is -1.02. The van der Waals surface area contributed by atoms with E-state index in [1.165, 1.54) is 24.8 Å². The number of rotatable bonds is 7. The monoisotopic (exact) mass is 222 g/mol. The summed E-state index contributed by atoms with van der Waals surface area (Å²) < 4.78 is 5.33. The molecule has 0 aromatic heterocycles. The van der Waals surface area contributed by atoms with Crippen LogP contribution in [0.1, 0.15) is 44.6 Å². The maximum absolute atomic E-state index is 8.65. The summed E-state index contributed by atoms with van der Waals surface area (Å²) in [6.07, 6.45) is 3.65. The normalized spacial score (nSPS) is 12.4. The Bertz CT molecular complexity index is 279. The molecule has 0 spiro atoms. The lowest BCUT2D eigenvalue weighted by Crippen LogP contribution is -2.02. The second-order valence-electron chi connectivity index (χ2n) is 4.03. The average Bonchev–Trinajstić information content (AvgIpc) is 2.34. The first-order chi connectivity index (χ1) is 7.81. The highest BCUT2D eigenvalue weighted by molar-refractivity contribution is 5.29. The Morgan fingerprint density at radius 2 is 1.88 bits per heavy atom. The van der Waals surface area contributed by atoms with E-state index in [-0.39, 0.29) is 6.61 Å². The molecule has 0 saturated carbocycles. The van der Waals surface area contributed by atoms with Crippen molar-refractivity contribution in [1.29, 1.82) is 0 Å². The van der Waals surface area contributed by atoms with Crippen molar-refractivity contribution in [2.45, 2.75) is 39.0 Å². The van der Waals surface area contributed by atoms with Crippen LogP contribution in [-0.4, -0.2) is 18.3 Å². The van der Waals surface area contributed by atoms with Crippen molar-refractivity contribution in [1.82, 2.24) is 0 Å². The average molecular weight is 222 g/mol. The molecule has 1 rings (SSSR count). The number of hydrogen-bond donors (Lipinski definition) is 1. The van der Waals surface area contributed by atoms with Crippen LogP contribution in [0, 0.1) is 0 Å². The molecule has 1 unspecified atom stereocenters. The summed E-state index contributed by atoms with van der Waals surface area (Å²) in [5.41, 5.74) is 1.39. The Balaban J connectivity index is 2.61. The summed E-state index contributed by atoms with van der Waals surface area (Å²) in [6, 6.07) is 8.25. The Labute approximate surface area is 98.3 Å². The number of aliphatic hydroxyl groups is 1. The molecule has 0 radical (unpaired) electrons. The molecule has 1 aromatic rings. The first-order valence-electron chi connectivity index (χ1n) is 6.15. The van der Waals surface area contributed by atoms with Gasteiger partial charge >= 0.3 is 0 Å². The second-order valence-corrected chi connectivity index (χ2v) is 4.03. The van der Waals surface area contributed by atoms with E-state index in [9.17, 15) is 0 Å². The van der Waals surface area contributed by atoms with Gasteiger partial charge in [0, 0.05) is 0 Å². The van der Waals surface area contributed by atoms with Gasteiger partial charge in [0.1, 0.15) is 12.4 Å². The molecule has 16 heavy (non-hydrogen) atoms. The highest BCUT2D eigenvalue weighted by Gasteiger charge is 2.07. The first kappa shape index (κ1) is 13.0. The molecule has 0 saturated heterocycles. The zero-order valence-corrected chi connectivity index (χ0v) is 10.3. The molecule has 0 heterocycles. The molecular formula is C14H22O2. The molecule has 0 fully saturated rings. The largest absolute Gasteiger partial charge is 0.491 e. The van der Waals surface area contributed by atoms with E-state index < -0.39 is 0 Å². The van der Waals surface area contributed by atoms with E-state index in [2.05, 4.69) is 26.0 Å². The number of aliphatic hydroxyl groups excluding tert-OH is 1. The van der Waals surface area contributed by atoms with E-state index in [1.54, 1.807) is 0 Å². The molecule has 0 bridgehead atoms. The zero-order valence-electron chi connectivity index (χ0n) is 10.3. The van der Waals surface area contributed by atoms with Gasteiger partial charge in [-0.2, -0.15) is 0 Å². The van der Waals surface area contributed by atoms with Crippen molar-refractivity contribution >= 4 is 0 Å². The van der Waals surface area contributed by atoms with Crippen LogP contribution in [0.15, 0.2) is 24.3 Å².